The van der Waals surface area contributed by atoms with Gasteiger partial charge in [0.25, 0.3) is 5.91 Å². The number of carbonyl (C=O) groups excluding carboxylic acids is 1. The van der Waals surface area contributed by atoms with E-state index < -0.39 is 0 Å². The highest BCUT2D eigenvalue weighted by atomic mass is 16.3. The highest BCUT2D eigenvalue weighted by molar-refractivity contribution is 6.04. The monoisotopic (exact) mass is 291 g/mol. The molecule has 0 saturated carbocycles. The summed E-state index contributed by atoms with van der Waals surface area (Å²) in [6, 6.07) is 0. The van der Waals surface area contributed by atoms with Gasteiger partial charge in [0.15, 0.2) is 5.65 Å². The number of aromatic amines is 1. The quantitative estimate of drug-likeness (QED) is 0.756. The first kappa shape index (κ1) is 15.2. The minimum atomic E-state index is -0.359. The minimum absolute atomic E-state index is 0.00570. The predicted octanol–water partition coefficient (Wildman–Crippen LogP) is 0.772. The lowest BCUT2D eigenvalue weighted by atomic mass is 9.95. The summed E-state index contributed by atoms with van der Waals surface area (Å²) < 4.78 is 0. The second-order valence-corrected chi connectivity index (χ2v) is 6.03. The van der Waals surface area contributed by atoms with Gasteiger partial charge < -0.3 is 20.3 Å². The Labute approximate surface area is 123 Å². The molecule has 2 aromatic heterocycles. The summed E-state index contributed by atoms with van der Waals surface area (Å²) in [6.07, 6.45) is 3.25. The summed E-state index contributed by atoms with van der Waals surface area (Å²) in [5.41, 5.74) is 1.21. The Morgan fingerprint density at radius 3 is 2.81 bits per heavy atom. The van der Waals surface area contributed by atoms with E-state index in [1.54, 1.807) is 12.4 Å². The number of hydrogen-bond acceptors (Lipinski definition) is 5. The van der Waals surface area contributed by atoms with Crippen LogP contribution < -0.4 is 10.2 Å². The van der Waals surface area contributed by atoms with Crippen molar-refractivity contribution in [3.63, 3.8) is 0 Å². The van der Waals surface area contributed by atoms with E-state index in [1.165, 1.54) is 0 Å². The number of hydrogen-bond donors (Lipinski definition) is 3. The minimum Gasteiger partial charge on any atom is -0.396 e. The molecule has 2 rings (SSSR count). The van der Waals surface area contributed by atoms with Crippen LogP contribution in [0.15, 0.2) is 12.4 Å². The molecule has 2 aromatic rings. The van der Waals surface area contributed by atoms with E-state index >= 15 is 0 Å². The molecule has 0 fully saturated rings. The van der Waals surface area contributed by atoms with E-state index in [-0.39, 0.29) is 17.9 Å². The normalized spacial score (nSPS) is 11.7. The molecule has 0 aromatic carbocycles. The van der Waals surface area contributed by atoms with Crippen molar-refractivity contribution < 1.29 is 9.90 Å². The second kappa shape index (κ2) is 5.69. The molecule has 0 aliphatic heterocycles. The molecule has 21 heavy (non-hydrogen) atoms. The smallest absolute Gasteiger partial charge is 0.255 e. The topological polar surface area (TPSA) is 94.1 Å². The lowest BCUT2D eigenvalue weighted by molar-refractivity contribution is 0.0912. The molecule has 0 saturated heterocycles. The molecule has 114 valence electrons. The van der Waals surface area contributed by atoms with Crippen molar-refractivity contribution in [2.45, 2.75) is 13.8 Å². The van der Waals surface area contributed by atoms with Crippen molar-refractivity contribution in [3.05, 3.63) is 18.0 Å². The molecule has 0 unspecified atom stereocenters. The van der Waals surface area contributed by atoms with Crippen molar-refractivity contribution in [1.29, 1.82) is 0 Å². The maximum atomic E-state index is 12.3. The van der Waals surface area contributed by atoms with Gasteiger partial charge in [-0.25, -0.2) is 9.97 Å². The molecule has 0 spiro atoms. The van der Waals surface area contributed by atoms with Gasteiger partial charge in [-0.05, 0) is 0 Å². The summed E-state index contributed by atoms with van der Waals surface area (Å²) in [5, 5.41) is 12.0. The number of aliphatic hydroxyl groups excluding tert-OH is 1. The Balaban J connectivity index is 2.25. The number of rotatable bonds is 5. The van der Waals surface area contributed by atoms with Gasteiger partial charge in [0.2, 0.25) is 0 Å². The fourth-order valence-electron chi connectivity index (χ4n) is 1.74. The lowest BCUT2D eigenvalue weighted by Gasteiger charge is -2.21. The van der Waals surface area contributed by atoms with Crippen LogP contribution in [0, 0.1) is 5.41 Å². The Hall–Kier alpha value is -2.15. The number of H-pyrrole nitrogens is 1. The zero-order valence-electron chi connectivity index (χ0n) is 12.8. The maximum absolute atomic E-state index is 12.3. The first-order chi connectivity index (χ1) is 9.84. The van der Waals surface area contributed by atoms with Crippen molar-refractivity contribution >= 4 is 22.9 Å². The highest BCUT2D eigenvalue weighted by Gasteiger charge is 2.20. The van der Waals surface area contributed by atoms with Crippen LogP contribution in [0.5, 0.6) is 0 Å². The molecule has 0 atom stereocenters. The fourth-order valence-corrected chi connectivity index (χ4v) is 1.74. The number of aromatic nitrogens is 3. The fraction of sp³-hybridized carbons (Fsp3) is 0.500. The third-order valence-electron chi connectivity index (χ3n) is 3.23. The standard InChI is InChI=1S/C14H21N5O2/c1-14(2,8-20)7-17-13(21)9-5-15-12-11(9)18-10(6-16-12)19(3)4/h5-6,20H,7-8H2,1-4H3,(H,15,16)(H,17,21). The largest absolute Gasteiger partial charge is 0.396 e. The van der Waals surface area contributed by atoms with Gasteiger partial charge in [0.1, 0.15) is 11.3 Å². The number of anilines is 1. The van der Waals surface area contributed by atoms with E-state index in [0.717, 1.165) is 0 Å². The zero-order chi connectivity index (χ0) is 15.6. The summed E-state index contributed by atoms with van der Waals surface area (Å²) in [7, 11) is 3.73. The SMILES string of the molecule is CN(C)c1cnc2[nH]cc(C(=O)NCC(C)(C)CO)c2n1. The Morgan fingerprint density at radius 2 is 2.19 bits per heavy atom. The average Bonchev–Trinajstić information content (AvgIpc) is 2.87. The lowest BCUT2D eigenvalue weighted by Crippen LogP contribution is -2.36. The van der Waals surface area contributed by atoms with E-state index in [1.807, 2.05) is 32.8 Å². The molecule has 0 aliphatic carbocycles. The zero-order valence-corrected chi connectivity index (χ0v) is 12.8. The van der Waals surface area contributed by atoms with Crippen LogP contribution in [0.3, 0.4) is 0 Å². The van der Waals surface area contributed by atoms with Gasteiger partial charge in [-0.2, -0.15) is 0 Å². The number of nitrogens with zero attached hydrogens (tertiary/aromatic N) is 3. The van der Waals surface area contributed by atoms with E-state index in [0.29, 0.717) is 29.1 Å². The van der Waals surface area contributed by atoms with Crippen LogP contribution in [-0.4, -0.2) is 53.2 Å². The molecule has 0 radical (unpaired) electrons. The van der Waals surface area contributed by atoms with E-state index in [2.05, 4.69) is 20.3 Å². The molecular weight excluding hydrogens is 270 g/mol. The van der Waals surface area contributed by atoms with Crippen LogP contribution in [0.25, 0.3) is 11.2 Å². The van der Waals surface area contributed by atoms with E-state index in [9.17, 15) is 9.90 Å². The first-order valence-corrected chi connectivity index (χ1v) is 6.74. The Kier molecular flexibility index (Phi) is 4.13. The van der Waals surface area contributed by atoms with Crippen LogP contribution in [0.4, 0.5) is 5.82 Å². The molecule has 3 N–H and O–H groups in total. The summed E-state index contributed by atoms with van der Waals surface area (Å²) in [4.78, 5) is 25.7. The average molecular weight is 291 g/mol. The predicted molar refractivity (Wildman–Crippen MR) is 81.4 cm³/mol. The maximum Gasteiger partial charge on any atom is 0.255 e. The summed E-state index contributed by atoms with van der Waals surface area (Å²) >= 11 is 0. The molecule has 7 nitrogen and oxygen atoms in total. The van der Waals surface area contributed by atoms with Crippen molar-refractivity contribution in [1.82, 2.24) is 20.3 Å². The molecule has 7 heteroatoms. The number of nitrogens with one attached hydrogen (secondary N) is 2. The summed E-state index contributed by atoms with van der Waals surface area (Å²) in [6.45, 7) is 4.15. The van der Waals surface area contributed by atoms with Crippen LogP contribution in [0.2, 0.25) is 0 Å². The first-order valence-electron chi connectivity index (χ1n) is 6.74. The molecule has 2 heterocycles. The van der Waals surface area contributed by atoms with Gasteiger partial charge in [-0.15, -0.1) is 0 Å². The van der Waals surface area contributed by atoms with Gasteiger partial charge in [0, 0.05) is 38.9 Å². The number of fused-ring (bicyclic) bond motifs is 1. The van der Waals surface area contributed by atoms with Crippen LogP contribution >= 0.6 is 0 Å². The third kappa shape index (κ3) is 3.30. The molecule has 0 aliphatic rings. The Morgan fingerprint density at radius 1 is 1.48 bits per heavy atom. The van der Waals surface area contributed by atoms with Gasteiger partial charge in [0.05, 0.1) is 11.8 Å². The number of carbonyl (C=O) groups is 1. The van der Waals surface area contributed by atoms with Crippen molar-refractivity contribution in [2.24, 2.45) is 5.41 Å². The van der Waals surface area contributed by atoms with Crippen molar-refractivity contribution in [3.8, 4) is 0 Å². The molecule has 0 bridgehead atoms. The Bertz CT molecular complexity index is 648. The molecule has 1 amide bonds. The summed E-state index contributed by atoms with van der Waals surface area (Å²) in [5.74, 6) is 0.458. The number of aliphatic hydroxyl groups is 1. The number of amides is 1. The van der Waals surface area contributed by atoms with Crippen LogP contribution in [0.1, 0.15) is 24.2 Å². The van der Waals surface area contributed by atoms with Gasteiger partial charge >= 0.3 is 0 Å². The van der Waals surface area contributed by atoms with Crippen molar-refractivity contribution in [2.75, 3.05) is 32.1 Å². The highest BCUT2D eigenvalue weighted by Crippen LogP contribution is 2.18. The van der Waals surface area contributed by atoms with Gasteiger partial charge in [-0.3, -0.25) is 4.79 Å². The van der Waals surface area contributed by atoms with Gasteiger partial charge in [-0.1, -0.05) is 13.8 Å². The second-order valence-electron chi connectivity index (χ2n) is 6.03. The third-order valence-corrected chi connectivity index (χ3v) is 3.23. The molecular formula is C14H21N5O2. The van der Waals surface area contributed by atoms with E-state index in [4.69, 9.17) is 0 Å². The van der Waals surface area contributed by atoms with Crippen LogP contribution in [-0.2, 0) is 0 Å².